The van der Waals surface area contributed by atoms with E-state index < -0.39 is 5.24 Å². The first-order chi connectivity index (χ1) is 7.63. The van der Waals surface area contributed by atoms with E-state index in [1.807, 2.05) is 31.2 Å². The van der Waals surface area contributed by atoms with Gasteiger partial charge < -0.3 is 4.74 Å². The fourth-order valence-electron chi connectivity index (χ4n) is 1.79. The summed E-state index contributed by atoms with van der Waals surface area (Å²) in [4.78, 5) is 11.3. The smallest absolute Gasteiger partial charge is 0.253 e. The van der Waals surface area contributed by atoms with Crippen LogP contribution in [0, 0.1) is 6.92 Å². The molecule has 2 aromatic rings. The number of benzene rings is 2. The van der Waals surface area contributed by atoms with Crippen LogP contribution in [0.4, 0.5) is 0 Å². The van der Waals surface area contributed by atoms with Crippen LogP contribution in [0.25, 0.3) is 10.8 Å². The van der Waals surface area contributed by atoms with Gasteiger partial charge in [-0.3, -0.25) is 4.79 Å². The number of methoxy groups -OCH3 is 1. The summed E-state index contributed by atoms with van der Waals surface area (Å²) in [5, 5.41) is 1.39. The van der Waals surface area contributed by atoms with Gasteiger partial charge in [-0.15, -0.1) is 0 Å². The highest BCUT2D eigenvalue weighted by molar-refractivity contribution is 6.68. The normalized spacial score (nSPS) is 10.4. The van der Waals surface area contributed by atoms with E-state index in [2.05, 4.69) is 0 Å². The van der Waals surface area contributed by atoms with E-state index in [1.165, 1.54) is 0 Å². The first-order valence-electron chi connectivity index (χ1n) is 4.90. The molecule has 16 heavy (non-hydrogen) atoms. The van der Waals surface area contributed by atoms with E-state index in [-0.39, 0.29) is 0 Å². The lowest BCUT2D eigenvalue weighted by molar-refractivity contribution is 0.108. The Bertz CT molecular complexity index is 561. The van der Waals surface area contributed by atoms with Crippen molar-refractivity contribution in [2.45, 2.75) is 6.92 Å². The van der Waals surface area contributed by atoms with Crippen molar-refractivity contribution in [2.75, 3.05) is 7.11 Å². The lowest BCUT2D eigenvalue weighted by Crippen LogP contribution is -1.94. The molecule has 0 saturated heterocycles. The lowest BCUT2D eigenvalue weighted by Gasteiger charge is -2.08. The van der Waals surface area contributed by atoms with Gasteiger partial charge in [0.2, 0.25) is 0 Å². The molecule has 0 aliphatic heterocycles. The summed E-state index contributed by atoms with van der Waals surface area (Å²) < 4.78 is 5.16. The zero-order chi connectivity index (χ0) is 11.7. The van der Waals surface area contributed by atoms with Gasteiger partial charge in [0, 0.05) is 5.56 Å². The molecule has 0 heterocycles. The molecule has 0 amide bonds. The largest absolute Gasteiger partial charge is 0.497 e. The first kappa shape index (κ1) is 11.0. The van der Waals surface area contributed by atoms with E-state index >= 15 is 0 Å². The topological polar surface area (TPSA) is 26.3 Å². The Morgan fingerprint density at radius 1 is 1.25 bits per heavy atom. The predicted octanol–water partition coefficient (Wildman–Crippen LogP) is 3.54. The van der Waals surface area contributed by atoms with Crippen LogP contribution in [0.3, 0.4) is 0 Å². The van der Waals surface area contributed by atoms with Gasteiger partial charge in [0.1, 0.15) is 5.75 Å². The van der Waals surface area contributed by atoms with Crippen molar-refractivity contribution in [3.05, 3.63) is 41.5 Å². The maximum atomic E-state index is 11.3. The van der Waals surface area contributed by atoms with E-state index in [4.69, 9.17) is 16.3 Å². The monoisotopic (exact) mass is 234 g/mol. The molecule has 2 aromatic carbocycles. The SMILES string of the molecule is COc1cc(C(=O)Cl)c2cccc(C)c2c1. The third-order valence-electron chi connectivity index (χ3n) is 2.63. The number of fused-ring (bicyclic) bond motifs is 1. The second-order valence-corrected chi connectivity index (χ2v) is 3.96. The number of ether oxygens (including phenoxy) is 1. The van der Waals surface area contributed by atoms with Crippen molar-refractivity contribution in [2.24, 2.45) is 0 Å². The minimum absolute atomic E-state index is 0.463. The third kappa shape index (κ3) is 1.76. The quantitative estimate of drug-likeness (QED) is 0.743. The highest BCUT2D eigenvalue weighted by Crippen LogP contribution is 2.28. The molecule has 0 spiro atoms. The maximum absolute atomic E-state index is 11.3. The number of halogens is 1. The Morgan fingerprint density at radius 3 is 2.62 bits per heavy atom. The molecular formula is C13H11ClO2. The van der Waals surface area contributed by atoms with Crippen molar-refractivity contribution in [3.63, 3.8) is 0 Å². The number of hydrogen-bond acceptors (Lipinski definition) is 2. The van der Waals surface area contributed by atoms with Gasteiger partial charge in [-0.2, -0.15) is 0 Å². The zero-order valence-corrected chi connectivity index (χ0v) is 9.84. The maximum Gasteiger partial charge on any atom is 0.253 e. The van der Waals surface area contributed by atoms with Gasteiger partial charge in [0.15, 0.2) is 0 Å². The van der Waals surface area contributed by atoms with Crippen LogP contribution in [0.15, 0.2) is 30.3 Å². The fraction of sp³-hybridized carbons (Fsp3) is 0.154. The number of carbonyl (C=O) groups is 1. The van der Waals surface area contributed by atoms with Crippen molar-refractivity contribution >= 4 is 27.6 Å². The van der Waals surface area contributed by atoms with Gasteiger partial charge in [0.25, 0.3) is 5.24 Å². The van der Waals surface area contributed by atoms with Gasteiger partial charge in [-0.25, -0.2) is 0 Å². The summed E-state index contributed by atoms with van der Waals surface area (Å²) >= 11 is 5.57. The Kier molecular flexibility index (Phi) is 2.84. The van der Waals surface area contributed by atoms with Crippen LogP contribution in [-0.2, 0) is 0 Å². The molecule has 3 heteroatoms. The molecular weight excluding hydrogens is 224 g/mol. The molecule has 0 radical (unpaired) electrons. The molecule has 0 aromatic heterocycles. The molecule has 0 fully saturated rings. The molecule has 2 rings (SSSR count). The summed E-state index contributed by atoms with van der Waals surface area (Å²) in [5.41, 5.74) is 1.58. The highest BCUT2D eigenvalue weighted by Gasteiger charge is 2.10. The summed E-state index contributed by atoms with van der Waals surface area (Å²) in [6.07, 6.45) is 0. The summed E-state index contributed by atoms with van der Waals surface area (Å²) in [5.74, 6) is 0.644. The van der Waals surface area contributed by atoms with Crippen molar-refractivity contribution in [3.8, 4) is 5.75 Å². The van der Waals surface area contributed by atoms with Crippen LogP contribution >= 0.6 is 11.6 Å². The second kappa shape index (κ2) is 4.14. The predicted molar refractivity (Wildman–Crippen MR) is 65.4 cm³/mol. The zero-order valence-electron chi connectivity index (χ0n) is 9.08. The van der Waals surface area contributed by atoms with Crippen molar-refractivity contribution < 1.29 is 9.53 Å². The summed E-state index contributed by atoms with van der Waals surface area (Å²) in [6.45, 7) is 1.99. The van der Waals surface area contributed by atoms with E-state index in [1.54, 1.807) is 13.2 Å². The van der Waals surface area contributed by atoms with Crippen LogP contribution in [0.5, 0.6) is 5.75 Å². The molecule has 0 N–H and O–H groups in total. The Labute approximate surface area is 98.8 Å². The average Bonchev–Trinajstić information content (AvgIpc) is 2.28. The minimum atomic E-state index is -0.463. The number of hydrogen-bond donors (Lipinski definition) is 0. The first-order valence-corrected chi connectivity index (χ1v) is 5.28. The molecule has 0 atom stereocenters. The van der Waals surface area contributed by atoms with Gasteiger partial charge in [0.05, 0.1) is 7.11 Å². The lowest BCUT2D eigenvalue weighted by atomic mass is 10.0. The summed E-state index contributed by atoms with van der Waals surface area (Å²) in [7, 11) is 1.57. The van der Waals surface area contributed by atoms with E-state index in [0.29, 0.717) is 11.3 Å². The Morgan fingerprint density at radius 2 is 2.00 bits per heavy atom. The molecule has 0 aliphatic carbocycles. The fourth-order valence-corrected chi connectivity index (χ4v) is 1.95. The van der Waals surface area contributed by atoms with E-state index in [0.717, 1.165) is 16.3 Å². The molecule has 82 valence electrons. The Hall–Kier alpha value is -1.54. The molecule has 2 nitrogen and oxygen atoms in total. The summed E-state index contributed by atoms with van der Waals surface area (Å²) in [6, 6.07) is 9.36. The van der Waals surface area contributed by atoms with Gasteiger partial charge in [-0.05, 0) is 47.0 Å². The van der Waals surface area contributed by atoms with Crippen LogP contribution in [0.1, 0.15) is 15.9 Å². The van der Waals surface area contributed by atoms with Crippen LogP contribution < -0.4 is 4.74 Å². The molecule has 0 unspecified atom stereocenters. The van der Waals surface area contributed by atoms with Crippen LogP contribution in [-0.4, -0.2) is 12.4 Å². The number of carbonyl (C=O) groups excluding carboxylic acids is 1. The van der Waals surface area contributed by atoms with Crippen LogP contribution in [0.2, 0.25) is 0 Å². The number of aryl methyl sites for hydroxylation is 1. The molecule has 0 aliphatic rings. The van der Waals surface area contributed by atoms with E-state index in [9.17, 15) is 4.79 Å². The highest BCUT2D eigenvalue weighted by atomic mass is 35.5. The second-order valence-electron chi connectivity index (χ2n) is 3.62. The van der Waals surface area contributed by atoms with Crippen molar-refractivity contribution in [1.29, 1.82) is 0 Å². The molecule has 0 bridgehead atoms. The third-order valence-corrected chi connectivity index (χ3v) is 2.84. The van der Waals surface area contributed by atoms with Gasteiger partial charge in [-0.1, -0.05) is 18.2 Å². The standard InChI is InChI=1S/C13H11ClO2/c1-8-4-3-5-10-11(8)6-9(16-2)7-12(10)13(14)15/h3-7H,1-2H3. The molecule has 0 saturated carbocycles. The van der Waals surface area contributed by atoms with Crippen molar-refractivity contribution in [1.82, 2.24) is 0 Å². The number of rotatable bonds is 2. The minimum Gasteiger partial charge on any atom is -0.497 e. The average molecular weight is 235 g/mol. The van der Waals surface area contributed by atoms with Gasteiger partial charge >= 0.3 is 0 Å². The Balaban J connectivity index is 2.87.